The van der Waals surface area contributed by atoms with Crippen LogP contribution < -0.4 is 10.0 Å². The molecule has 3 rings (SSSR count). The van der Waals surface area contributed by atoms with Gasteiger partial charge in [0.05, 0.1) is 11.7 Å². The zero-order chi connectivity index (χ0) is 18.2. The number of anilines is 1. The molecule has 2 aromatic rings. The molecule has 2 unspecified atom stereocenters. The third-order valence-corrected chi connectivity index (χ3v) is 6.28. The van der Waals surface area contributed by atoms with E-state index in [-0.39, 0.29) is 12.2 Å². The van der Waals surface area contributed by atoms with Crippen molar-refractivity contribution in [2.45, 2.75) is 25.4 Å². The lowest BCUT2D eigenvalue weighted by molar-refractivity contribution is -0.120. The van der Waals surface area contributed by atoms with Crippen molar-refractivity contribution in [3.63, 3.8) is 0 Å². The summed E-state index contributed by atoms with van der Waals surface area (Å²) in [7, 11) is -2.46. The molecule has 1 saturated heterocycles. The summed E-state index contributed by atoms with van der Waals surface area (Å²) in [5.74, 6) is -0.845. The molecule has 1 fully saturated rings. The van der Waals surface area contributed by atoms with Gasteiger partial charge in [0.1, 0.15) is 11.9 Å². The number of likely N-dealkylation sites (N-methyl/N-ethyl adjacent to an activating group) is 1. The second-order valence-corrected chi connectivity index (χ2v) is 8.25. The Morgan fingerprint density at radius 3 is 2.84 bits per heavy atom. The Labute approximate surface area is 149 Å². The van der Waals surface area contributed by atoms with E-state index in [1.54, 1.807) is 18.4 Å². The largest absolute Gasteiger partial charge is 0.325 e. The topological polar surface area (TPSA) is 91.4 Å². The first-order valence-electron chi connectivity index (χ1n) is 7.50. The number of aromatic nitrogens is 1. The predicted molar refractivity (Wildman–Crippen MR) is 92.8 cm³/mol. The van der Waals surface area contributed by atoms with Gasteiger partial charge in [-0.3, -0.25) is 4.79 Å². The second-order valence-electron chi connectivity index (χ2n) is 5.82. The van der Waals surface area contributed by atoms with Gasteiger partial charge in [-0.05, 0) is 54.7 Å². The molecule has 0 radical (unpaired) electrons. The fourth-order valence-electron chi connectivity index (χ4n) is 2.65. The highest BCUT2D eigenvalue weighted by Gasteiger charge is 2.41. The van der Waals surface area contributed by atoms with E-state index < -0.39 is 28.2 Å². The number of hydrogen-bond acceptors (Lipinski definition) is 5. The van der Waals surface area contributed by atoms with Crippen LogP contribution in [-0.2, 0) is 15.0 Å². The van der Waals surface area contributed by atoms with E-state index in [0.717, 1.165) is 4.31 Å². The number of rotatable bonds is 3. The molecule has 10 heteroatoms. The molecular formula is C15H17FN4O3S2. The van der Waals surface area contributed by atoms with Crippen LogP contribution in [0.1, 0.15) is 23.7 Å². The minimum absolute atomic E-state index is 0.242. The lowest BCUT2D eigenvalue weighted by Gasteiger charge is -2.35. The second kappa shape index (κ2) is 6.79. The Morgan fingerprint density at radius 1 is 1.44 bits per heavy atom. The number of halogens is 1. The maximum Gasteiger partial charge on any atom is 0.280 e. The number of aryl methyl sites for hydroxylation is 1. The molecule has 1 aromatic carbocycles. The number of hydrogen-bond donors (Lipinski definition) is 2. The first kappa shape index (κ1) is 17.9. The fourth-order valence-corrected chi connectivity index (χ4v) is 4.48. The zero-order valence-corrected chi connectivity index (χ0v) is 15.2. The summed E-state index contributed by atoms with van der Waals surface area (Å²) in [5.41, 5.74) is 1.39. The average molecular weight is 384 g/mol. The van der Waals surface area contributed by atoms with E-state index >= 15 is 0 Å². The highest BCUT2D eigenvalue weighted by Crippen LogP contribution is 2.28. The van der Waals surface area contributed by atoms with E-state index in [1.165, 1.54) is 36.8 Å². The molecule has 1 aliphatic rings. The summed E-state index contributed by atoms with van der Waals surface area (Å²) >= 11 is 1.21. The summed E-state index contributed by atoms with van der Waals surface area (Å²) in [4.78, 5) is 12.6. The van der Waals surface area contributed by atoms with Crippen molar-refractivity contribution in [3.05, 3.63) is 46.7 Å². The van der Waals surface area contributed by atoms with Crippen LogP contribution in [0.25, 0.3) is 0 Å². The van der Waals surface area contributed by atoms with Crippen molar-refractivity contribution in [1.82, 2.24) is 13.4 Å². The summed E-state index contributed by atoms with van der Waals surface area (Å²) in [5, 5.41) is 4.40. The van der Waals surface area contributed by atoms with Crippen LogP contribution >= 0.6 is 11.5 Å². The van der Waals surface area contributed by atoms with E-state index in [4.69, 9.17) is 0 Å². The summed E-state index contributed by atoms with van der Waals surface area (Å²) in [6.45, 7) is 1.59. The van der Waals surface area contributed by atoms with Gasteiger partial charge in [0.25, 0.3) is 10.2 Å². The molecule has 0 spiro atoms. The van der Waals surface area contributed by atoms with Crippen molar-refractivity contribution in [3.8, 4) is 0 Å². The third-order valence-electron chi connectivity index (χ3n) is 4.11. The van der Waals surface area contributed by atoms with E-state index in [1.807, 2.05) is 0 Å². The van der Waals surface area contributed by atoms with E-state index in [9.17, 15) is 17.6 Å². The van der Waals surface area contributed by atoms with E-state index in [2.05, 4.69) is 14.4 Å². The highest BCUT2D eigenvalue weighted by atomic mass is 32.2. The molecule has 0 aliphatic carbocycles. The summed E-state index contributed by atoms with van der Waals surface area (Å²) < 4.78 is 45.7. The molecule has 2 atom stereocenters. The monoisotopic (exact) mass is 384 g/mol. The Bertz CT molecular complexity index is 886. The van der Waals surface area contributed by atoms with Crippen molar-refractivity contribution in [2.75, 3.05) is 12.4 Å². The van der Waals surface area contributed by atoms with Gasteiger partial charge in [-0.2, -0.15) is 21.8 Å². The fraction of sp³-hybridized carbons (Fsp3) is 0.333. The molecule has 1 amide bonds. The van der Waals surface area contributed by atoms with Crippen LogP contribution in [0.4, 0.5) is 10.1 Å². The number of carbonyl (C=O) groups is 1. The number of amides is 1. The molecule has 2 N–H and O–H groups in total. The standard InChI is InChI=1S/C15H17FN4O3S2/c1-9-7-10(3-4-11(9)16)17-15(21)14-8-13(12-5-6-24-18-12)19-25(22,23)20(14)2/h3-7,13-14,19H,8H2,1-2H3,(H,17,21). The minimum atomic E-state index is -3.81. The first-order chi connectivity index (χ1) is 11.8. The molecular weight excluding hydrogens is 367 g/mol. The van der Waals surface area contributed by atoms with Gasteiger partial charge in [-0.25, -0.2) is 4.39 Å². The maximum absolute atomic E-state index is 13.3. The SMILES string of the molecule is Cc1cc(NC(=O)C2CC(c3ccsn3)NS(=O)(=O)N2C)ccc1F. The number of nitrogens with zero attached hydrogens (tertiary/aromatic N) is 2. The van der Waals surface area contributed by atoms with E-state index in [0.29, 0.717) is 16.9 Å². The Kier molecular flexibility index (Phi) is 4.87. The molecule has 134 valence electrons. The van der Waals surface area contributed by atoms with Gasteiger partial charge in [0, 0.05) is 18.1 Å². The molecule has 2 heterocycles. The highest BCUT2D eigenvalue weighted by molar-refractivity contribution is 7.87. The van der Waals surface area contributed by atoms with Crippen molar-refractivity contribution in [1.29, 1.82) is 0 Å². The predicted octanol–water partition coefficient (Wildman–Crippen LogP) is 1.81. The van der Waals surface area contributed by atoms with Gasteiger partial charge in [0.2, 0.25) is 5.91 Å². The number of carbonyl (C=O) groups excluding carboxylic acids is 1. The average Bonchev–Trinajstić information content (AvgIpc) is 3.07. The summed E-state index contributed by atoms with van der Waals surface area (Å²) in [6.07, 6.45) is 0.242. The molecule has 7 nitrogen and oxygen atoms in total. The maximum atomic E-state index is 13.3. The van der Waals surface area contributed by atoms with Gasteiger partial charge in [-0.1, -0.05) is 0 Å². The smallest absolute Gasteiger partial charge is 0.280 e. The quantitative estimate of drug-likeness (QED) is 0.844. The lowest BCUT2D eigenvalue weighted by atomic mass is 10.0. The van der Waals surface area contributed by atoms with Crippen LogP contribution in [-0.4, -0.2) is 36.1 Å². The minimum Gasteiger partial charge on any atom is -0.325 e. The molecule has 0 bridgehead atoms. The number of benzene rings is 1. The van der Waals surface area contributed by atoms with Gasteiger partial charge >= 0.3 is 0 Å². The zero-order valence-electron chi connectivity index (χ0n) is 13.6. The van der Waals surface area contributed by atoms with Crippen LogP contribution in [0.15, 0.2) is 29.6 Å². The molecule has 1 aromatic heterocycles. The van der Waals surface area contributed by atoms with Crippen LogP contribution in [0.3, 0.4) is 0 Å². The van der Waals surface area contributed by atoms with Crippen LogP contribution in [0.2, 0.25) is 0 Å². The molecule has 25 heavy (non-hydrogen) atoms. The molecule has 1 aliphatic heterocycles. The summed E-state index contributed by atoms with van der Waals surface area (Å²) in [6, 6.07) is 4.45. The molecule has 0 saturated carbocycles. The Morgan fingerprint density at radius 2 is 2.20 bits per heavy atom. The van der Waals surface area contributed by atoms with Crippen LogP contribution in [0.5, 0.6) is 0 Å². The van der Waals surface area contributed by atoms with Gasteiger partial charge in [-0.15, -0.1) is 0 Å². The van der Waals surface area contributed by atoms with Crippen LogP contribution in [0, 0.1) is 12.7 Å². The Balaban J connectivity index is 1.83. The lowest BCUT2D eigenvalue weighted by Crippen LogP contribution is -2.56. The van der Waals surface area contributed by atoms with Crippen molar-refractivity contribution in [2.24, 2.45) is 0 Å². The first-order valence-corrected chi connectivity index (χ1v) is 9.78. The number of nitrogens with one attached hydrogen (secondary N) is 2. The van der Waals surface area contributed by atoms with Crippen molar-refractivity contribution < 1.29 is 17.6 Å². The van der Waals surface area contributed by atoms with Crippen molar-refractivity contribution >= 4 is 33.3 Å². The normalized spacial score (nSPS) is 23.3. The van der Waals surface area contributed by atoms with Gasteiger partial charge < -0.3 is 5.32 Å². The third kappa shape index (κ3) is 3.71. The van der Waals surface area contributed by atoms with Gasteiger partial charge in [0.15, 0.2) is 0 Å². The Hall–Kier alpha value is -1.88.